The zero-order valence-electron chi connectivity index (χ0n) is 18.2. The van der Waals surface area contributed by atoms with Crippen LogP contribution in [0.25, 0.3) is 11.1 Å². The van der Waals surface area contributed by atoms with Crippen LogP contribution >= 0.6 is 0 Å². The summed E-state index contributed by atoms with van der Waals surface area (Å²) in [6, 6.07) is 7.84. The van der Waals surface area contributed by atoms with Crippen molar-refractivity contribution in [1.29, 1.82) is 0 Å². The molecule has 1 aliphatic heterocycles. The Morgan fingerprint density at radius 2 is 1.63 bits per heavy atom. The van der Waals surface area contributed by atoms with Gasteiger partial charge in [-0.15, -0.1) is 0 Å². The SMILES string of the molecule is CCCCCc1ccc(-c2ccc(C3CCC(CCCC)CO3)c(F)c2F)c(F)c1. The van der Waals surface area contributed by atoms with E-state index >= 15 is 0 Å². The molecule has 0 spiro atoms. The Hall–Kier alpha value is -1.81. The van der Waals surface area contributed by atoms with Crippen molar-refractivity contribution >= 4 is 0 Å². The third-order valence-electron chi connectivity index (χ3n) is 6.19. The van der Waals surface area contributed by atoms with Crippen LogP contribution in [0.5, 0.6) is 0 Å². The van der Waals surface area contributed by atoms with Crippen LogP contribution in [0.15, 0.2) is 30.3 Å². The molecule has 1 heterocycles. The fourth-order valence-electron chi connectivity index (χ4n) is 4.30. The van der Waals surface area contributed by atoms with Gasteiger partial charge in [0, 0.05) is 16.7 Å². The average Bonchev–Trinajstić information content (AvgIpc) is 2.75. The molecule has 1 nitrogen and oxygen atoms in total. The lowest BCUT2D eigenvalue weighted by molar-refractivity contribution is -0.0217. The summed E-state index contributed by atoms with van der Waals surface area (Å²) in [5, 5.41) is 0. The molecule has 0 aliphatic carbocycles. The molecule has 1 saturated heterocycles. The fraction of sp³-hybridized carbons (Fsp3) is 0.538. The van der Waals surface area contributed by atoms with Gasteiger partial charge < -0.3 is 4.74 Å². The van der Waals surface area contributed by atoms with Gasteiger partial charge >= 0.3 is 0 Å². The molecule has 3 rings (SSSR count). The van der Waals surface area contributed by atoms with Crippen LogP contribution < -0.4 is 0 Å². The molecule has 0 bridgehead atoms. The number of ether oxygens (including phenoxy) is 1. The van der Waals surface area contributed by atoms with Crippen molar-refractivity contribution in [2.45, 2.75) is 77.7 Å². The monoisotopic (exact) mass is 418 g/mol. The van der Waals surface area contributed by atoms with E-state index in [1.165, 1.54) is 18.6 Å². The zero-order chi connectivity index (χ0) is 21.5. The smallest absolute Gasteiger partial charge is 0.167 e. The maximum absolute atomic E-state index is 14.9. The van der Waals surface area contributed by atoms with Crippen LogP contribution in [0.3, 0.4) is 0 Å². The highest BCUT2D eigenvalue weighted by molar-refractivity contribution is 5.66. The van der Waals surface area contributed by atoms with E-state index in [9.17, 15) is 13.2 Å². The lowest BCUT2D eigenvalue weighted by atomic mass is 9.90. The molecule has 30 heavy (non-hydrogen) atoms. The van der Waals surface area contributed by atoms with Gasteiger partial charge in [0.25, 0.3) is 0 Å². The first-order chi connectivity index (χ1) is 14.5. The summed E-state index contributed by atoms with van der Waals surface area (Å²) in [6.45, 7) is 4.87. The van der Waals surface area contributed by atoms with Crippen LogP contribution in [0.2, 0.25) is 0 Å². The topological polar surface area (TPSA) is 9.23 Å². The highest BCUT2D eigenvalue weighted by Crippen LogP contribution is 2.37. The van der Waals surface area contributed by atoms with E-state index in [1.54, 1.807) is 18.2 Å². The Balaban J connectivity index is 1.74. The highest BCUT2D eigenvalue weighted by Gasteiger charge is 2.27. The Morgan fingerprint density at radius 1 is 0.867 bits per heavy atom. The minimum atomic E-state index is -0.998. The molecule has 2 unspecified atom stereocenters. The van der Waals surface area contributed by atoms with E-state index in [0.717, 1.165) is 50.5 Å². The van der Waals surface area contributed by atoms with Gasteiger partial charge in [0.15, 0.2) is 11.6 Å². The molecule has 0 saturated carbocycles. The van der Waals surface area contributed by atoms with Crippen LogP contribution in [0.1, 0.15) is 82.4 Å². The van der Waals surface area contributed by atoms with E-state index in [1.807, 2.05) is 0 Å². The minimum Gasteiger partial charge on any atom is -0.373 e. The molecule has 1 fully saturated rings. The second-order valence-electron chi connectivity index (χ2n) is 8.51. The molecule has 164 valence electrons. The van der Waals surface area contributed by atoms with Gasteiger partial charge in [-0.05, 0) is 49.7 Å². The van der Waals surface area contributed by atoms with Crippen molar-refractivity contribution in [2.24, 2.45) is 5.92 Å². The molecule has 2 aromatic carbocycles. The Bertz CT molecular complexity index is 825. The van der Waals surface area contributed by atoms with E-state index < -0.39 is 23.6 Å². The molecule has 2 atom stereocenters. The maximum Gasteiger partial charge on any atom is 0.167 e. The van der Waals surface area contributed by atoms with Gasteiger partial charge in [0.05, 0.1) is 12.7 Å². The predicted octanol–water partition coefficient (Wildman–Crippen LogP) is 8.16. The lowest BCUT2D eigenvalue weighted by Crippen LogP contribution is -2.21. The van der Waals surface area contributed by atoms with Gasteiger partial charge in [-0.3, -0.25) is 0 Å². The third-order valence-corrected chi connectivity index (χ3v) is 6.19. The first-order valence-corrected chi connectivity index (χ1v) is 11.4. The van der Waals surface area contributed by atoms with E-state index in [2.05, 4.69) is 13.8 Å². The number of hydrogen-bond acceptors (Lipinski definition) is 1. The summed E-state index contributed by atoms with van der Waals surface area (Å²) >= 11 is 0. The molecular formula is C26H33F3O. The summed E-state index contributed by atoms with van der Waals surface area (Å²) in [5.74, 6) is -1.93. The summed E-state index contributed by atoms with van der Waals surface area (Å²) < 4.78 is 50.3. The van der Waals surface area contributed by atoms with Gasteiger partial charge in [-0.1, -0.05) is 63.8 Å². The molecular weight excluding hydrogens is 385 g/mol. The zero-order valence-corrected chi connectivity index (χ0v) is 18.2. The molecule has 2 aromatic rings. The lowest BCUT2D eigenvalue weighted by Gasteiger charge is -2.29. The van der Waals surface area contributed by atoms with Crippen molar-refractivity contribution in [3.8, 4) is 11.1 Å². The summed E-state index contributed by atoms with van der Waals surface area (Å²) in [7, 11) is 0. The summed E-state index contributed by atoms with van der Waals surface area (Å²) in [6.07, 6.45) is 8.62. The normalized spacial score (nSPS) is 19.2. The largest absolute Gasteiger partial charge is 0.373 e. The van der Waals surface area contributed by atoms with Crippen LogP contribution in [-0.4, -0.2) is 6.61 Å². The molecule has 0 radical (unpaired) electrons. The minimum absolute atomic E-state index is 0.0366. The summed E-state index contributed by atoms with van der Waals surface area (Å²) in [4.78, 5) is 0. The van der Waals surface area contributed by atoms with Crippen molar-refractivity contribution in [1.82, 2.24) is 0 Å². The second kappa shape index (κ2) is 11.0. The molecule has 1 aliphatic rings. The van der Waals surface area contributed by atoms with Crippen molar-refractivity contribution < 1.29 is 17.9 Å². The number of aryl methyl sites for hydroxylation is 1. The first kappa shape index (κ1) is 22.9. The Morgan fingerprint density at radius 3 is 2.30 bits per heavy atom. The first-order valence-electron chi connectivity index (χ1n) is 11.4. The number of hydrogen-bond donors (Lipinski definition) is 0. The molecule has 4 heteroatoms. The van der Waals surface area contributed by atoms with Gasteiger partial charge in [-0.2, -0.15) is 0 Å². The maximum atomic E-state index is 14.9. The average molecular weight is 419 g/mol. The van der Waals surface area contributed by atoms with Crippen molar-refractivity contribution in [2.75, 3.05) is 6.61 Å². The molecule has 0 N–H and O–H groups in total. The van der Waals surface area contributed by atoms with E-state index in [4.69, 9.17) is 4.74 Å². The fourth-order valence-corrected chi connectivity index (χ4v) is 4.30. The number of unbranched alkanes of at least 4 members (excludes halogenated alkanes) is 3. The standard InChI is InChI=1S/C26H33F3O/c1-3-5-7-9-18-10-12-20(23(27)16-18)21-13-14-22(26(29)25(21)28)24-15-11-19(17-30-24)8-6-4-2/h10,12-14,16,19,24H,3-9,11,15,17H2,1-2H3. The van der Waals surface area contributed by atoms with Crippen molar-refractivity contribution in [3.05, 3.63) is 58.9 Å². The predicted molar refractivity (Wildman–Crippen MR) is 116 cm³/mol. The van der Waals surface area contributed by atoms with Crippen LogP contribution in [0, 0.1) is 23.4 Å². The Labute approximate surface area is 178 Å². The van der Waals surface area contributed by atoms with Gasteiger partial charge in [0.1, 0.15) is 5.82 Å². The second-order valence-corrected chi connectivity index (χ2v) is 8.51. The number of halogens is 3. The van der Waals surface area contributed by atoms with E-state index in [-0.39, 0.29) is 16.7 Å². The Kier molecular flexibility index (Phi) is 8.38. The molecule has 0 amide bonds. The summed E-state index contributed by atoms with van der Waals surface area (Å²) in [5.41, 5.74) is 1.18. The molecule has 0 aromatic heterocycles. The van der Waals surface area contributed by atoms with Crippen molar-refractivity contribution in [3.63, 3.8) is 0 Å². The van der Waals surface area contributed by atoms with Crippen LogP contribution in [-0.2, 0) is 11.2 Å². The van der Waals surface area contributed by atoms with Gasteiger partial charge in [-0.25, -0.2) is 13.2 Å². The quantitative estimate of drug-likeness (QED) is 0.373. The highest BCUT2D eigenvalue weighted by atomic mass is 19.2. The number of benzene rings is 2. The van der Waals surface area contributed by atoms with Crippen LogP contribution in [0.4, 0.5) is 13.2 Å². The third kappa shape index (κ3) is 5.46. The number of rotatable bonds is 9. The van der Waals surface area contributed by atoms with Gasteiger partial charge in [0.2, 0.25) is 0 Å². The van der Waals surface area contributed by atoms with E-state index in [0.29, 0.717) is 18.9 Å².